The molecule has 33 heavy (non-hydrogen) atoms. The fraction of sp³-hybridized carbons (Fsp3) is 0.217. The van der Waals surface area contributed by atoms with Gasteiger partial charge >= 0.3 is 0 Å². The van der Waals surface area contributed by atoms with Gasteiger partial charge in [-0.1, -0.05) is 59.8 Å². The van der Waals surface area contributed by atoms with E-state index < -0.39 is 0 Å². The number of amides is 1. The number of nitrogens with one attached hydrogen (secondary N) is 1. The Morgan fingerprint density at radius 1 is 1.18 bits per heavy atom. The number of thiazole rings is 1. The van der Waals surface area contributed by atoms with Gasteiger partial charge in [0.15, 0.2) is 5.16 Å². The van der Waals surface area contributed by atoms with Crippen LogP contribution in [0.1, 0.15) is 26.9 Å². The van der Waals surface area contributed by atoms with Crippen LogP contribution in [0, 0.1) is 0 Å². The van der Waals surface area contributed by atoms with Crippen LogP contribution in [-0.4, -0.2) is 45.9 Å². The largest absolute Gasteiger partial charge is 0.383 e. The van der Waals surface area contributed by atoms with Crippen molar-refractivity contribution in [2.45, 2.75) is 17.3 Å². The first-order chi connectivity index (χ1) is 16.1. The Morgan fingerprint density at radius 3 is 2.82 bits per heavy atom. The summed E-state index contributed by atoms with van der Waals surface area (Å²) in [6, 6.07) is 17.8. The van der Waals surface area contributed by atoms with E-state index in [4.69, 9.17) is 16.3 Å². The summed E-state index contributed by atoms with van der Waals surface area (Å²) in [6.45, 7) is 0.910. The number of thioether (sulfide) groups is 1. The molecule has 0 unspecified atom stereocenters. The molecule has 4 aromatic rings. The lowest BCUT2D eigenvalue weighted by Gasteiger charge is -2.10. The van der Waals surface area contributed by atoms with Gasteiger partial charge in [-0.25, -0.2) is 4.98 Å². The zero-order valence-electron chi connectivity index (χ0n) is 17.9. The molecule has 0 bridgehead atoms. The van der Waals surface area contributed by atoms with E-state index in [9.17, 15) is 4.79 Å². The molecule has 0 fully saturated rings. The van der Waals surface area contributed by atoms with Crippen LogP contribution in [-0.2, 0) is 16.9 Å². The molecule has 4 rings (SSSR count). The summed E-state index contributed by atoms with van der Waals surface area (Å²) >= 11 is 9.23. The number of carbonyl (C=O) groups excluding carboxylic acids is 1. The summed E-state index contributed by atoms with van der Waals surface area (Å²) in [5.41, 5.74) is 2.46. The van der Waals surface area contributed by atoms with Gasteiger partial charge in [0, 0.05) is 30.5 Å². The van der Waals surface area contributed by atoms with Gasteiger partial charge in [-0.05, 0) is 23.8 Å². The quantitative estimate of drug-likeness (QED) is 0.253. The maximum Gasteiger partial charge on any atom is 0.270 e. The van der Waals surface area contributed by atoms with Crippen molar-refractivity contribution in [3.8, 4) is 5.69 Å². The molecule has 7 nitrogen and oxygen atoms in total. The van der Waals surface area contributed by atoms with Crippen molar-refractivity contribution in [3.63, 3.8) is 0 Å². The molecule has 10 heteroatoms. The molecule has 0 atom stereocenters. The van der Waals surface area contributed by atoms with Gasteiger partial charge in [-0.3, -0.25) is 9.36 Å². The number of halogens is 1. The van der Waals surface area contributed by atoms with Gasteiger partial charge in [0.05, 0.1) is 18.0 Å². The van der Waals surface area contributed by atoms with E-state index in [1.165, 1.54) is 23.1 Å². The lowest BCUT2D eigenvalue weighted by atomic mass is 10.1. The van der Waals surface area contributed by atoms with Crippen LogP contribution in [0.15, 0.2) is 65.1 Å². The van der Waals surface area contributed by atoms with Crippen molar-refractivity contribution in [2.24, 2.45) is 0 Å². The smallest absolute Gasteiger partial charge is 0.270 e. The van der Waals surface area contributed by atoms with E-state index in [0.717, 1.165) is 27.2 Å². The highest BCUT2D eigenvalue weighted by molar-refractivity contribution is 7.98. The zero-order chi connectivity index (χ0) is 23.0. The Hall–Kier alpha value is -2.72. The molecule has 2 heterocycles. The van der Waals surface area contributed by atoms with Crippen molar-refractivity contribution in [1.82, 2.24) is 25.1 Å². The molecular formula is C23H22ClN5O2S2. The number of methoxy groups -OCH3 is 1. The summed E-state index contributed by atoms with van der Waals surface area (Å²) in [7, 11) is 1.59. The van der Waals surface area contributed by atoms with Gasteiger partial charge in [0.2, 0.25) is 0 Å². The molecule has 2 aromatic heterocycles. The number of aromatic nitrogens is 4. The molecular weight excluding hydrogens is 478 g/mol. The minimum atomic E-state index is -0.202. The molecule has 1 N–H and O–H groups in total. The van der Waals surface area contributed by atoms with Gasteiger partial charge in [-0.15, -0.1) is 21.5 Å². The molecule has 0 aliphatic carbocycles. The topological polar surface area (TPSA) is 81.9 Å². The molecule has 0 saturated heterocycles. The van der Waals surface area contributed by atoms with Crippen molar-refractivity contribution in [3.05, 3.63) is 87.1 Å². The van der Waals surface area contributed by atoms with E-state index in [0.29, 0.717) is 36.0 Å². The molecule has 1 amide bonds. The van der Waals surface area contributed by atoms with Crippen LogP contribution in [0.25, 0.3) is 5.69 Å². The van der Waals surface area contributed by atoms with Crippen LogP contribution in [0.4, 0.5) is 0 Å². The molecule has 0 radical (unpaired) electrons. The highest BCUT2D eigenvalue weighted by atomic mass is 35.5. The van der Waals surface area contributed by atoms with Crippen LogP contribution in [0.5, 0.6) is 0 Å². The third kappa shape index (κ3) is 6.20. The second kappa shape index (κ2) is 11.4. The second-order valence-electron chi connectivity index (χ2n) is 7.04. The maximum absolute atomic E-state index is 12.2. The first-order valence-electron chi connectivity index (χ1n) is 10.2. The minimum absolute atomic E-state index is 0.202. The lowest BCUT2D eigenvalue weighted by Crippen LogP contribution is -2.27. The fourth-order valence-corrected chi connectivity index (χ4v) is 5.07. The van der Waals surface area contributed by atoms with E-state index in [1.807, 2.05) is 47.0 Å². The summed E-state index contributed by atoms with van der Waals surface area (Å²) in [6.07, 6.45) is 0.643. The molecule has 2 aromatic carbocycles. The second-order valence-corrected chi connectivity index (χ2v) is 9.36. The van der Waals surface area contributed by atoms with Crippen LogP contribution < -0.4 is 5.32 Å². The van der Waals surface area contributed by atoms with Gasteiger partial charge in [-0.2, -0.15) is 0 Å². The predicted octanol–water partition coefficient (Wildman–Crippen LogP) is 4.64. The fourth-order valence-electron chi connectivity index (χ4n) is 3.13. The van der Waals surface area contributed by atoms with E-state index in [2.05, 4.69) is 32.6 Å². The Labute approximate surface area is 205 Å². The average Bonchev–Trinajstić information content (AvgIpc) is 3.46. The van der Waals surface area contributed by atoms with Crippen LogP contribution in [0.3, 0.4) is 0 Å². The monoisotopic (exact) mass is 499 g/mol. The van der Waals surface area contributed by atoms with Crippen LogP contribution >= 0.6 is 34.7 Å². The molecule has 170 valence electrons. The number of carbonyl (C=O) groups is 1. The SMILES string of the molecule is COCCNC(=O)c1csc(CSc2nnc(Cc3ccccc3)n2-c2cccc(Cl)c2)n1. The van der Waals surface area contributed by atoms with Crippen molar-refractivity contribution in [1.29, 1.82) is 0 Å². The number of ether oxygens (including phenoxy) is 1. The minimum Gasteiger partial charge on any atom is -0.383 e. The van der Waals surface area contributed by atoms with Crippen LogP contribution in [0.2, 0.25) is 5.02 Å². The first-order valence-corrected chi connectivity index (χ1v) is 12.5. The number of hydrogen-bond donors (Lipinski definition) is 1. The number of rotatable bonds is 10. The first kappa shape index (κ1) is 23.4. The Bertz CT molecular complexity index is 1210. The molecule has 0 aliphatic rings. The number of benzene rings is 2. The number of hydrogen-bond acceptors (Lipinski definition) is 7. The highest BCUT2D eigenvalue weighted by Crippen LogP contribution is 2.28. The van der Waals surface area contributed by atoms with E-state index in [1.54, 1.807) is 12.5 Å². The van der Waals surface area contributed by atoms with Crippen molar-refractivity contribution >= 4 is 40.6 Å². The van der Waals surface area contributed by atoms with Gasteiger partial charge in [0.1, 0.15) is 16.5 Å². The van der Waals surface area contributed by atoms with Crippen molar-refractivity contribution < 1.29 is 9.53 Å². The van der Waals surface area contributed by atoms with E-state index >= 15 is 0 Å². The standard InChI is InChI=1S/C23H22ClN5O2S2/c1-31-11-10-25-22(30)19-14-32-21(26-19)15-33-23-28-27-20(12-16-6-3-2-4-7-16)29(23)18-9-5-8-17(24)13-18/h2-9,13-14H,10-12,15H2,1H3,(H,25,30). The third-order valence-electron chi connectivity index (χ3n) is 4.67. The summed E-state index contributed by atoms with van der Waals surface area (Å²) in [5.74, 6) is 1.19. The highest BCUT2D eigenvalue weighted by Gasteiger charge is 2.17. The van der Waals surface area contributed by atoms with E-state index in [-0.39, 0.29) is 5.91 Å². The lowest BCUT2D eigenvalue weighted by molar-refractivity contribution is 0.0932. The summed E-state index contributed by atoms with van der Waals surface area (Å²) in [5, 5.41) is 15.7. The van der Waals surface area contributed by atoms with Gasteiger partial charge < -0.3 is 10.1 Å². The maximum atomic E-state index is 12.2. The van der Waals surface area contributed by atoms with Gasteiger partial charge in [0.25, 0.3) is 5.91 Å². The third-order valence-corrected chi connectivity index (χ3v) is 6.88. The zero-order valence-corrected chi connectivity index (χ0v) is 20.3. The number of nitrogens with zero attached hydrogens (tertiary/aromatic N) is 4. The molecule has 0 spiro atoms. The Balaban J connectivity index is 1.52. The molecule has 0 aliphatic heterocycles. The predicted molar refractivity (Wildman–Crippen MR) is 132 cm³/mol. The summed E-state index contributed by atoms with van der Waals surface area (Å²) in [4.78, 5) is 16.6. The Kier molecular flexibility index (Phi) is 8.11. The van der Waals surface area contributed by atoms with Crippen molar-refractivity contribution in [2.75, 3.05) is 20.3 Å². The average molecular weight is 500 g/mol. The summed E-state index contributed by atoms with van der Waals surface area (Å²) < 4.78 is 6.98. The normalized spacial score (nSPS) is 11.0. The Morgan fingerprint density at radius 2 is 2.03 bits per heavy atom. The molecule has 0 saturated carbocycles.